The quantitative estimate of drug-likeness (QED) is 0.741. The standard InChI is InChI=1S/C23H28N2/c1-19(2)22(17-20-9-5-3-6-10-20)23(18-24)13-15-25(16-14-23)21-11-7-4-8-12-21/h3-12,19,22H,13-17H2,1-2H3. The fourth-order valence-corrected chi connectivity index (χ4v) is 4.31. The summed E-state index contributed by atoms with van der Waals surface area (Å²) in [4.78, 5) is 2.43. The molecule has 2 aromatic rings. The molecule has 1 atom stereocenters. The van der Waals surface area contributed by atoms with Crippen molar-refractivity contribution in [1.29, 1.82) is 5.26 Å². The van der Waals surface area contributed by atoms with Gasteiger partial charge in [-0.15, -0.1) is 0 Å². The summed E-state index contributed by atoms with van der Waals surface area (Å²) < 4.78 is 0. The van der Waals surface area contributed by atoms with Gasteiger partial charge in [-0.3, -0.25) is 0 Å². The minimum atomic E-state index is -0.213. The first-order valence-electron chi connectivity index (χ1n) is 9.40. The zero-order valence-electron chi connectivity index (χ0n) is 15.4. The van der Waals surface area contributed by atoms with Gasteiger partial charge in [0.15, 0.2) is 0 Å². The van der Waals surface area contributed by atoms with Crippen molar-refractivity contribution in [1.82, 2.24) is 0 Å². The lowest BCUT2D eigenvalue weighted by Crippen LogP contribution is -2.45. The molecule has 1 aliphatic rings. The maximum Gasteiger partial charge on any atom is 0.0694 e. The van der Waals surface area contributed by atoms with Crippen LogP contribution in [0.4, 0.5) is 5.69 Å². The van der Waals surface area contributed by atoms with E-state index in [1.807, 2.05) is 0 Å². The highest BCUT2D eigenvalue weighted by Crippen LogP contribution is 2.44. The molecule has 0 bridgehead atoms. The maximum atomic E-state index is 10.1. The zero-order valence-corrected chi connectivity index (χ0v) is 15.4. The Morgan fingerprint density at radius 2 is 1.52 bits per heavy atom. The molecule has 0 aliphatic carbocycles. The van der Waals surface area contributed by atoms with Gasteiger partial charge in [-0.2, -0.15) is 5.26 Å². The Balaban J connectivity index is 1.76. The molecular weight excluding hydrogens is 304 g/mol. The van der Waals surface area contributed by atoms with Crippen molar-refractivity contribution < 1.29 is 0 Å². The van der Waals surface area contributed by atoms with Crippen LogP contribution in [0.3, 0.4) is 0 Å². The smallest absolute Gasteiger partial charge is 0.0694 e. The highest BCUT2D eigenvalue weighted by atomic mass is 15.1. The van der Waals surface area contributed by atoms with Gasteiger partial charge < -0.3 is 4.90 Å². The SMILES string of the molecule is CC(C)C(Cc1ccccc1)C1(C#N)CCN(c2ccccc2)CC1. The first-order chi connectivity index (χ1) is 12.1. The van der Waals surface area contributed by atoms with Crippen molar-refractivity contribution in [3.63, 3.8) is 0 Å². The van der Waals surface area contributed by atoms with E-state index in [0.29, 0.717) is 11.8 Å². The van der Waals surface area contributed by atoms with Crippen LogP contribution >= 0.6 is 0 Å². The van der Waals surface area contributed by atoms with Crippen LogP contribution in [0.15, 0.2) is 60.7 Å². The molecular formula is C23H28N2. The predicted molar refractivity (Wildman–Crippen MR) is 104 cm³/mol. The fourth-order valence-electron chi connectivity index (χ4n) is 4.31. The van der Waals surface area contributed by atoms with Crippen LogP contribution < -0.4 is 4.90 Å². The summed E-state index contributed by atoms with van der Waals surface area (Å²) >= 11 is 0. The Bertz CT molecular complexity index is 692. The van der Waals surface area contributed by atoms with Crippen LogP contribution in [0.25, 0.3) is 0 Å². The van der Waals surface area contributed by atoms with Crippen LogP contribution in [0.2, 0.25) is 0 Å². The van der Waals surface area contributed by atoms with Gasteiger partial charge in [0.05, 0.1) is 11.5 Å². The summed E-state index contributed by atoms with van der Waals surface area (Å²) in [5.41, 5.74) is 2.41. The van der Waals surface area contributed by atoms with E-state index >= 15 is 0 Å². The van der Waals surface area contributed by atoms with E-state index in [2.05, 4.69) is 85.5 Å². The molecule has 0 amide bonds. The second kappa shape index (κ2) is 7.74. The van der Waals surface area contributed by atoms with E-state index in [0.717, 1.165) is 32.4 Å². The lowest BCUT2D eigenvalue weighted by molar-refractivity contribution is 0.139. The molecule has 25 heavy (non-hydrogen) atoms. The Labute approximate surface area is 152 Å². The van der Waals surface area contributed by atoms with Crippen molar-refractivity contribution >= 4 is 5.69 Å². The molecule has 1 saturated heterocycles. The van der Waals surface area contributed by atoms with Crippen LogP contribution in [0, 0.1) is 28.6 Å². The molecule has 2 heteroatoms. The maximum absolute atomic E-state index is 10.1. The molecule has 1 fully saturated rings. The molecule has 2 aromatic carbocycles. The molecule has 0 saturated carbocycles. The Kier molecular flexibility index (Phi) is 5.43. The topological polar surface area (TPSA) is 27.0 Å². The summed E-state index contributed by atoms with van der Waals surface area (Å²) in [6, 6.07) is 24.0. The first kappa shape index (κ1) is 17.5. The number of nitriles is 1. The molecule has 0 N–H and O–H groups in total. The van der Waals surface area contributed by atoms with Gasteiger partial charge in [0.25, 0.3) is 0 Å². The molecule has 130 valence electrons. The minimum Gasteiger partial charge on any atom is -0.371 e. The summed E-state index contributed by atoms with van der Waals surface area (Å²) in [5, 5.41) is 10.1. The second-order valence-electron chi connectivity index (χ2n) is 7.63. The van der Waals surface area contributed by atoms with E-state index in [1.54, 1.807) is 0 Å². The molecule has 1 unspecified atom stereocenters. The van der Waals surface area contributed by atoms with Crippen molar-refractivity contribution in [2.45, 2.75) is 33.1 Å². The van der Waals surface area contributed by atoms with Crippen molar-refractivity contribution in [2.75, 3.05) is 18.0 Å². The van der Waals surface area contributed by atoms with Crippen molar-refractivity contribution in [3.05, 3.63) is 66.2 Å². The summed E-state index contributed by atoms with van der Waals surface area (Å²) in [6.07, 6.45) is 2.90. The Morgan fingerprint density at radius 3 is 2.04 bits per heavy atom. The van der Waals surface area contributed by atoms with Gasteiger partial charge in [0.1, 0.15) is 0 Å². The third kappa shape index (κ3) is 3.87. The van der Waals surface area contributed by atoms with Crippen LogP contribution in [-0.2, 0) is 6.42 Å². The second-order valence-corrected chi connectivity index (χ2v) is 7.63. The normalized spacial score (nSPS) is 17.9. The van der Waals surface area contributed by atoms with E-state index in [-0.39, 0.29) is 5.41 Å². The fraction of sp³-hybridized carbons (Fsp3) is 0.435. The lowest BCUT2D eigenvalue weighted by Gasteiger charge is -2.44. The first-order valence-corrected chi connectivity index (χ1v) is 9.40. The monoisotopic (exact) mass is 332 g/mol. The van der Waals surface area contributed by atoms with E-state index in [1.165, 1.54) is 11.3 Å². The number of hydrogen-bond acceptors (Lipinski definition) is 2. The average molecular weight is 332 g/mol. The van der Waals surface area contributed by atoms with Crippen LogP contribution in [-0.4, -0.2) is 13.1 Å². The van der Waals surface area contributed by atoms with Gasteiger partial charge in [-0.1, -0.05) is 62.4 Å². The molecule has 0 radical (unpaired) electrons. The van der Waals surface area contributed by atoms with E-state index in [4.69, 9.17) is 0 Å². The van der Waals surface area contributed by atoms with Gasteiger partial charge in [-0.05, 0) is 48.8 Å². The Morgan fingerprint density at radius 1 is 0.960 bits per heavy atom. The zero-order chi connectivity index (χ0) is 17.7. The van der Waals surface area contributed by atoms with Crippen molar-refractivity contribution in [3.8, 4) is 6.07 Å². The highest BCUT2D eigenvalue weighted by Gasteiger charge is 2.43. The molecule has 3 rings (SSSR count). The Hall–Kier alpha value is -2.27. The highest BCUT2D eigenvalue weighted by molar-refractivity contribution is 5.46. The summed E-state index contributed by atoms with van der Waals surface area (Å²) in [5.74, 6) is 0.904. The third-order valence-electron chi connectivity index (χ3n) is 5.81. The van der Waals surface area contributed by atoms with Gasteiger partial charge >= 0.3 is 0 Å². The van der Waals surface area contributed by atoms with Gasteiger partial charge in [0, 0.05) is 18.8 Å². The number of hydrogen-bond donors (Lipinski definition) is 0. The molecule has 0 aromatic heterocycles. The number of anilines is 1. The number of para-hydroxylation sites is 1. The summed E-state index contributed by atoms with van der Waals surface area (Å²) in [6.45, 7) is 6.48. The molecule has 0 spiro atoms. The summed E-state index contributed by atoms with van der Waals surface area (Å²) in [7, 11) is 0. The largest absolute Gasteiger partial charge is 0.371 e. The van der Waals surface area contributed by atoms with Gasteiger partial charge in [-0.25, -0.2) is 0 Å². The molecule has 2 nitrogen and oxygen atoms in total. The van der Waals surface area contributed by atoms with Crippen molar-refractivity contribution in [2.24, 2.45) is 17.3 Å². The predicted octanol–water partition coefficient (Wildman–Crippen LogP) is 5.31. The molecule has 1 aliphatic heterocycles. The number of nitrogens with zero attached hydrogens (tertiary/aromatic N) is 2. The molecule has 1 heterocycles. The average Bonchev–Trinajstić information content (AvgIpc) is 2.67. The van der Waals surface area contributed by atoms with Crippen LogP contribution in [0.5, 0.6) is 0 Å². The van der Waals surface area contributed by atoms with Crippen LogP contribution in [0.1, 0.15) is 32.3 Å². The van der Waals surface area contributed by atoms with Gasteiger partial charge in [0.2, 0.25) is 0 Å². The van der Waals surface area contributed by atoms with E-state index < -0.39 is 0 Å². The number of benzene rings is 2. The van der Waals surface area contributed by atoms with E-state index in [9.17, 15) is 5.26 Å². The minimum absolute atomic E-state index is 0.213. The third-order valence-corrected chi connectivity index (χ3v) is 5.81. The lowest BCUT2D eigenvalue weighted by atomic mass is 9.63. The number of piperidine rings is 1. The number of rotatable bonds is 5.